The number of halogens is 1. The molecule has 0 aliphatic heterocycles. The van der Waals surface area contributed by atoms with Crippen LogP contribution in [0.15, 0.2) is 97.1 Å². The summed E-state index contributed by atoms with van der Waals surface area (Å²) in [5.41, 5.74) is 8.75. The fourth-order valence-corrected chi connectivity index (χ4v) is 5.94. The van der Waals surface area contributed by atoms with Crippen molar-refractivity contribution in [3.63, 3.8) is 0 Å². The molecule has 0 spiro atoms. The Labute approximate surface area is 263 Å². The highest BCUT2D eigenvalue weighted by atomic mass is 79.9. The summed E-state index contributed by atoms with van der Waals surface area (Å²) in [6.07, 6.45) is 0.978. The molecular weight excluding hydrogens is 576 g/mol. The Morgan fingerprint density at radius 3 is 0.952 bits per heavy atom. The maximum absolute atomic E-state index is 6.06. The van der Waals surface area contributed by atoms with Gasteiger partial charge in [-0.2, -0.15) is 0 Å². The minimum Gasteiger partial charge on any atom is -0.494 e. The van der Waals surface area contributed by atoms with Crippen molar-refractivity contribution < 1.29 is 4.74 Å². The van der Waals surface area contributed by atoms with Gasteiger partial charge in [0.15, 0.2) is 0 Å². The van der Waals surface area contributed by atoms with Gasteiger partial charge in [-0.05, 0) is 73.7 Å². The van der Waals surface area contributed by atoms with E-state index in [0.717, 1.165) is 17.5 Å². The summed E-state index contributed by atoms with van der Waals surface area (Å²) in [5.74, 6) is 0.905. The molecule has 42 heavy (non-hydrogen) atoms. The van der Waals surface area contributed by atoms with E-state index < -0.39 is 5.41 Å². The Hall–Kier alpha value is -2.84. The zero-order valence-electron chi connectivity index (χ0n) is 27.1. The first-order valence-electron chi connectivity index (χ1n) is 15.3. The molecule has 0 atom stereocenters. The normalized spacial score (nSPS) is 12.8. The molecule has 4 rings (SSSR count). The first kappa shape index (κ1) is 32.1. The van der Waals surface area contributed by atoms with Crippen LogP contribution in [0.1, 0.15) is 108 Å². The van der Waals surface area contributed by atoms with Crippen molar-refractivity contribution in [2.45, 2.75) is 90.4 Å². The van der Waals surface area contributed by atoms with Gasteiger partial charge in [-0.15, -0.1) is 0 Å². The SMILES string of the molecule is CC(C)(C)c1ccc(C(c2ccc(OCCCBr)cc2)(c2ccc(C(C)(C)C)cc2)c2ccc(C(C)(C)C)cc2)cc1. The molecule has 0 bridgehead atoms. The molecule has 0 heterocycles. The molecule has 0 aliphatic rings. The van der Waals surface area contributed by atoms with Gasteiger partial charge in [0.05, 0.1) is 12.0 Å². The zero-order chi connectivity index (χ0) is 30.8. The van der Waals surface area contributed by atoms with Crippen LogP contribution >= 0.6 is 15.9 Å². The van der Waals surface area contributed by atoms with E-state index in [9.17, 15) is 0 Å². The summed E-state index contributed by atoms with van der Waals surface area (Å²) < 4.78 is 6.06. The third-order valence-corrected chi connectivity index (χ3v) is 8.95. The number of alkyl halides is 1. The predicted octanol–water partition coefficient (Wildman–Crippen LogP) is 11.1. The van der Waals surface area contributed by atoms with Gasteiger partial charge in [0, 0.05) is 5.33 Å². The van der Waals surface area contributed by atoms with E-state index >= 15 is 0 Å². The lowest BCUT2D eigenvalue weighted by Crippen LogP contribution is -2.31. The van der Waals surface area contributed by atoms with Crippen molar-refractivity contribution >= 4 is 15.9 Å². The van der Waals surface area contributed by atoms with E-state index in [1.165, 1.54) is 38.9 Å². The highest BCUT2D eigenvalue weighted by Gasteiger charge is 2.39. The molecule has 4 aromatic rings. The Bertz CT molecular complexity index is 1280. The van der Waals surface area contributed by atoms with Crippen molar-refractivity contribution in [2.24, 2.45) is 0 Å². The lowest BCUT2D eigenvalue weighted by Gasteiger charge is -2.38. The average Bonchev–Trinajstić information content (AvgIpc) is 2.94. The highest BCUT2D eigenvalue weighted by Crippen LogP contribution is 2.47. The molecule has 0 fully saturated rings. The number of hydrogen-bond acceptors (Lipinski definition) is 1. The molecule has 0 aliphatic carbocycles. The number of benzene rings is 4. The largest absolute Gasteiger partial charge is 0.494 e. The molecule has 0 unspecified atom stereocenters. The third-order valence-electron chi connectivity index (χ3n) is 8.39. The van der Waals surface area contributed by atoms with Gasteiger partial charge in [0.25, 0.3) is 0 Å². The lowest BCUT2D eigenvalue weighted by atomic mass is 9.64. The summed E-state index contributed by atoms with van der Waals surface area (Å²) >= 11 is 3.51. The van der Waals surface area contributed by atoms with Crippen molar-refractivity contribution in [2.75, 3.05) is 11.9 Å². The summed E-state index contributed by atoms with van der Waals surface area (Å²) in [5, 5.41) is 0.938. The molecular formula is C40H49BrO. The van der Waals surface area contributed by atoms with Crippen LogP contribution in [0.5, 0.6) is 5.75 Å². The fraction of sp³-hybridized carbons (Fsp3) is 0.400. The standard InChI is InChI=1S/C40H49BrO/c1-37(2,3)29-11-17-32(18-12-29)40(33-19-13-30(14-20-33)38(4,5)6,34-21-15-31(16-22-34)39(7,8)9)35-23-25-36(26-24-35)42-28-10-27-41/h11-26H,10,27-28H2,1-9H3. The van der Waals surface area contributed by atoms with Crippen molar-refractivity contribution in [1.82, 2.24) is 0 Å². The summed E-state index contributed by atoms with van der Waals surface area (Å²) in [6.45, 7) is 21.2. The lowest BCUT2D eigenvalue weighted by molar-refractivity contribution is 0.319. The summed E-state index contributed by atoms with van der Waals surface area (Å²) in [4.78, 5) is 0. The number of ether oxygens (including phenoxy) is 1. The van der Waals surface area contributed by atoms with Crippen molar-refractivity contribution in [3.8, 4) is 5.75 Å². The van der Waals surface area contributed by atoms with Gasteiger partial charge in [-0.3, -0.25) is 0 Å². The van der Waals surface area contributed by atoms with E-state index in [4.69, 9.17) is 4.74 Å². The highest BCUT2D eigenvalue weighted by molar-refractivity contribution is 9.09. The van der Waals surface area contributed by atoms with Crippen LogP contribution in [0.25, 0.3) is 0 Å². The van der Waals surface area contributed by atoms with Crippen LogP contribution in [0.4, 0.5) is 0 Å². The summed E-state index contributed by atoms with van der Waals surface area (Å²) in [6, 6.07) is 36.7. The van der Waals surface area contributed by atoms with Crippen LogP contribution in [-0.2, 0) is 21.7 Å². The van der Waals surface area contributed by atoms with Gasteiger partial charge in [0.2, 0.25) is 0 Å². The van der Waals surface area contributed by atoms with E-state index in [1.54, 1.807) is 0 Å². The van der Waals surface area contributed by atoms with Crippen LogP contribution in [0.2, 0.25) is 0 Å². The van der Waals surface area contributed by atoms with Crippen LogP contribution in [0.3, 0.4) is 0 Å². The maximum atomic E-state index is 6.06. The average molecular weight is 626 g/mol. The fourth-order valence-electron chi connectivity index (χ4n) is 5.71. The molecule has 1 nitrogen and oxygen atoms in total. The molecule has 4 aromatic carbocycles. The quantitative estimate of drug-likeness (QED) is 0.108. The van der Waals surface area contributed by atoms with Crippen LogP contribution in [0, 0.1) is 0 Å². The molecule has 0 aromatic heterocycles. The van der Waals surface area contributed by atoms with Gasteiger partial charge in [-0.1, -0.05) is 163 Å². The minimum atomic E-state index is -0.502. The third kappa shape index (κ3) is 6.86. The second-order valence-electron chi connectivity index (χ2n) is 14.6. The molecule has 0 radical (unpaired) electrons. The van der Waals surface area contributed by atoms with Crippen LogP contribution < -0.4 is 4.74 Å². The van der Waals surface area contributed by atoms with Crippen molar-refractivity contribution in [3.05, 3.63) is 136 Å². The number of hydrogen-bond donors (Lipinski definition) is 0. The Morgan fingerprint density at radius 2 is 0.690 bits per heavy atom. The van der Waals surface area contributed by atoms with Crippen LogP contribution in [-0.4, -0.2) is 11.9 Å². The number of rotatable bonds is 8. The van der Waals surface area contributed by atoms with E-state index in [2.05, 4.69) is 175 Å². The van der Waals surface area contributed by atoms with E-state index in [-0.39, 0.29) is 16.2 Å². The predicted molar refractivity (Wildman–Crippen MR) is 185 cm³/mol. The van der Waals surface area contributed by atoms with Gasteiger partial charge in [-0.25, -0.2) is 0 Å². The monoisotopic (exact) mass is 624 g/mol. The first-order valence-corrected chi connectivity index (χ1v) is 16.4. The summed E-state index contributed by atoms with van der Waals surface area (Å²) in [7, 11) is 0. The second-order valence-corrected chi connectivity index (χ2v) is 15.4. The minimum absolute atomic E-state index is 0.0814. The van der Waals surface area contributed by atoms with E-state index in [0.29, 0.717) is 6.61 Å². The topological polar surface area (TPSA) is 9.23 Å². The Kier molecular flexibility index (Phi) is 9.48. The second kappa shape index (κ2) is 12.4. The van der Waals surface area contributed by atoms with Gasteiger partial charge < -0.3 is 4.74 Å². The molecule has 2 heteroatoms. The maximum Gasteiger partial charge on any atom is 0.119 e. The van der Waals surface area contributed by atoms with Crippen molar-refractivity contribution in [1.29, 1.82) is 0 Å². The van der Waals surface area contributed by atoms with Gasteiger partial charge in [0.1, 0.15) is 5.75 Å². The zero-order valence-corrected chi connectivity index (χ0v) is 28.7. The molecule has 0 amide bonds. The Balaban J connectivity index is 2.01. The Morgan fingerprint density at radius 1 is 0.429 bits per heavy atom. The molecule has 222 valence electrons. The molecule has 0 N–H and O–H groups in total. The van der Waals surface area contributed by atoms with E-state index in [1.807, 2.05) is 0 Å². The first-order chi connectivity index (χ1) is 19.7. The smallest absolute Gasteiger partial charge is 0.119 e. The van der Waals surface area contributed by atoms with Gasteiger partial charge >= 0.3 is 0 Å². The molecule has 0 saturated heterocycles. The molecule has 0 saturated carbocycles.